The van der Waals surface area contributed by atoms with Crippen LogP contribution in [0.1, 0.15) is 41.0 Å². The lowest BCUT2D eigenvalue weighted by molar-refractivity contribution is -0.139. The van der Waals surface area contributed by atoms with Crippen LogP contribution in [0.3, 0.4) is 0 Å². The summed E-state index contributed by atoms with van der Waals surface area (Å²) in [7, 11) is 0. The van der Waals surface area contributed by atoms with Crippen LogP contribution in [0.4, 0.5) is 24.7 Å². The molecule has 2 saturated heterocycles. The van der Waals surface area contributed by atoms with Crippen LogP contribution in [-0.2, 0) is 30.8 Å². The monoisotopic (exact) mass is 838 g/mol. The predicted octanol–water partition coefficient (Wildman–Crippen LogP) is 7.93. The summed E-state index contributed by atoms with van der Waals surface area (Å²) in [5.74, 6) is -6.72. The van der Waals surface area contributed by atoms with Crippen LogP contribution < -0.4 is 15.1 Å². The van der Waals surface area contributed by atoms with Gasteiger partial charge in [-0.25, -0.2) is 9.88 Å². The highest BCUT2D eigenvalue weighted by Gasteiger charge is 2.70. The summed E-state index contributed by atoms with van der Waals surface area (Å²) in [4.78, 5) is 63.9. The van der Waals surface area contributed by atoms with E-state index in [1.165, 1.54) is 0 Å². The number of benzene rings is 3. The predicted molar refractivity (Wildman–Crippen MR) is 205 cm³/mol. The van der Waals surface area contributed by atoms with E-state index in [0.29, 0.717) is 50.4 Å². The number of hydrogen-bond donors (Lipinski definition) is 2. The first-order valence-electron chi connectivity index (χ1n) is 18.0. The quantitative estimate of drug-likeness (QED) is 0.135. The van der Waals surface area contributed by atoms with Crippen molar-refractivity contribution in [1.82, 2.24) is 9.99 Å². The number of imide groups is 2. The Hall–Kier alpha value is -4.95. The molecule has 4 amide bonds. The highest BCUT2D eigenvalue weighted by molar-refractivity contribution is 6.33. The fourth-order valence-electron chi connectivity index (χ4n) is 9.05. The Kier molecular flexibility index (Phi) is 9.87. The molecule has 4 aromatic rings. The number of amides is 4. The average molecular weight is 840 g/mol. The molecule has 3 aromatic carbocycles. The molecule has 1 aromatic heterocycles. The van der Waals surface area contributed by atoms with Gasteiger partial charge in [0.1, 0.15) is 12.4 Å². The zero-order valence-corrected chi connectivity index (χ0v) is 32.2. The van der Waals surface area contributed by atoms with Crippen LogP contribution in [0.5, 0.6) is 5.75 Å². The Morgan fingerprint density at radius 3 is 2.28 bits per heavy atom. The minimum absolute atomic E-state index is 0.0306. The van der Waals surface area contributed by atoms with Crippen LogP contribution >= 0.6 is 34.8 Å². The molecule has 294 valence electrons. The standard InChI is InChI=1S/C41H32Cl3F3N4O6/c1-20-2-9-25(17-31(20)43)50-36(53)28-13-12-27-29(33(28)38(50)55)18-30-37(54)51(49-35-32(44)16-23(19-48-35)41(45,46)47)39(56)40(30,22-5-7-24(42)8-6-22)34(27)21-3-10-26(11-4-21)57-15-14-52/h2-12,16-17,19,28-30,33-34,52H,13-15,18H2,1H3,(H,48,49). The molecule has 2 N–H and O–H groups in total. The van der Waals surface area contributed by atoms with Gasteiger partial charge in [0.2, 0.25) is 11.8 Å². The van der Waals surface area contributed by atoms with Crippen LogP contribution in [0, 0.1) is 30.6 Å². The van der Waals surface area contributed by atoms with Crippen molar-refractivity contribution < 1.29 is 42.2 Å². The fraction of sp³-hybridized carbons (Fsp3) is 0.293. The molecule has 6 unspecified atom stereocenters. The average Bonchev–Trinajstić information content (AvgIpc) is 3.56. The number of halogens is 6. The number of rotatable bonds is 8. The van der Waals surface area contributed by atoms with Gasteiger partial charge >= 0.3 is 6.18 Å². The smallest absolute Gasteiger partial charge is 0.417 e. The lowest BCUT2D eigenvalue weighted by Crippen LogP contribution is -2.53. The molecule has 8 rings (SSSR count). The molecule has 57 heavy (non-hydrogen) atoms. The number of hydrogen-bond acceptors (Lipinski definition) is 8. The highest BCUT2D eigenvalue weighted by atomic mass is 35.5. The van der Waals surface area contributed by atoms with E-state index in [0.717, 1.165) is 15.5 Å². The number of anilines is 2. The first-order valence-corrected chi connectivity index (χ1v) is 19.1. The molecule has 3 fully saturated rings. The van der Waals surface area contributed by atoms with Gasteiger partial charge in [0.05, 0.1) is 46.0 Å². The summed E-state index contributed by atoms with van der Waals surface area (Å²) in [5.41, 5.74) is 2.55. The minimum atomic E-state index is -4.75. The summed E-state index contributed by atoms with van der Waals surface area (Å²) in [5, 5.41) is 10.3. The summed E-state index contributed by atoms with van der Waals surface area (Å²) < 4.78 is 46.1. The summed E-state index contributed by atoms with van der Waals surface area (Å²) in [6.45, 7) is 1.61. The van der Waals surface area contributed by atoms with E-state index >= 15 is 4.79 Å². The van der Waals surface area contributed by atoms with Crippen molar-refractivity contribution in [1.29, 1.82) is 0 Å². The SMILES string of the molecule is Cc1ccc(N2C(=O)C3CC=C4C(CC5C(=O)N(Nc6ncc(C(F)(F)F)cc6Cl)C(=O)C5(c5ccc(Cl)cc5)C4c4ccc(OCCO)cc4)C3C2=O)cc1Cl. The molecule has 2 aliphatic carbocycles. The number of aliphatic hydroxyl groups excluding tert-OH is 1. The second kappa shape index (κ2) is 14.5. The second-order valence-corrected chi connectivity index (χ2v) is 15.8. The molecule has 10 nitrogen and oxygen atoms in total. The number of alkyl halides is 3. The van der Waals surface area contributed by atoms with E-state index in [4.69, 9.17) is 39.5 Å². The summed E-state index contributed by atoms with van der Waals surface area (Å²) in [6, 6.07) is 18.9. The van der Waals surface area contributed by atoms with Crippen LogP contribution in [0.25, 0.3) is 0 Å². The van der Waals surface area contributed by atoms with Gasteiger partial charge in [0, 0.05) is 22.2 Å². The van der Waals surface area contributed by atoms with E-state index in [1.807, 2.05) is 6.08 Å². The number of aliphatic hydroxyl groups is 1. The van der Waals surface area contributed by atoms with Gasteiger partial charge in [0.25, 0.3) is 11.8 Å². The molecular weight excluding hydrogens is 808 g/mol. The Balaban J connectivity index is 1.29. The number of nitrogens with zero attached hydrogens (tertiary/aromatic N) is 3. The van der Waals surface area contributed by atoms with Gasteiger partial charge in [-0.1, -0.05) is 76.8 Å². The topological polar surface area (TPSA) is 129 Å². The maximum absolute atomic E-state index is 15.3. The first kappa shape index (κ1) is 38.9. The largest absolute Gasteiger partial charge is 0.491 e. The zero-order chi connectivity index (χ0) is 40.6. The Labute approximate surface area is 339 Å². The van der Waals surface area contributed by atoms with Crippen LogP contribution in [-0.4, -0.2) is 51.9 Å². The summed E-state index contributed by atoms with van der Waals surface area (Å²) in [6.07, 6.45) is -2.19. The third-order valence-corrected chi connectivity index (χ3v) is 12.5. The molecule has 16 heteroatoms. The normalized spacial score (nSPS) is 25.6. The number of pyridine rings is 1. The van der Waals surface area contributed by atoms with Crippen molar-refractivity contribution in [2.24, 2.45) is 23.7 Å². The fourth-order valence-corrected chi connectivity index (χ4v) is 9.56. The molecule has 4 aliphatic rings. The maximum Gasteiger partial charge on any atom is 0.417 e. The molecule has 0 radical (unpaired) electrons. The number of allylic oxidation sites excluding steroid dienone is 2. The van der Waals surface area contributed by atoms with Gasteiger partial charge in [-0.05, 0) is 84.8 Å². The van der Waals surface area contributed by atoms with Crippen molar-refractivity contribution in [2.75, 3.05) is 23.5 Å². The minimum Gasteiger partial charge on any atom is -0.491 e. The van der Waals surface area contributed by atoms with Gasteiger partial charge in [-0.3, -0.25) is 24.6 Å². The van der Waals surface area contributed by atoms with Gasteiger partial charge in [-0.2, -0.15) is 18.2 Å². The molecule has 0 spiro atoms. The molecule has 2 aliphatic heterocycles. The van der Waals surface area contributed by atoms with Crippen molar-refractivity contribution in [2.45, 2.75) is 37.3 Å². The molecule has 6 atom stereocenters. The Bertz CT molecular complexity index is 2360. The van der Waals surface area contributed by atoms with Crippen molar-refractivity contribution in [3.05, 3.63) is 128 Å². The third-order valence-electron chi connectivity index (χ3n) is 11.5. The van der Waals surface area contributed by atoms with Crippen molar-refractivity contribution >= 4 is 69.9 Å². The number of fused-ring (bicyclic) bond motifs is 4. The van der Waals surface area contributed by atoms with E-state index in [1.54, 1.807) is 73.7 Å². The number of nitrogens with one attached hydrogen (secondary N) is 1. The lowest BCUT2D eigenvalue weighted by atomic mass is 9.49. The summed E-state index contributed by atoms with van der Waals surface area (Å²) >= 11 is 19.0. The van der Waals surface area contributed by atoms with Crippen molar-refractivity contribution in [3.63, 3.8) is 0 Å². The van der Waals surface area contributed by atoms with E-state index in [2.05, 4.69) is 10.4 Å². The van der Waals surface area contributed by atoms with E-state index in [9.17, 15) is 32.7 Å². The number of hydrazine groups is 1. The van der Waals surface area contributed by atoms with Crippen LogP contribution in [0.2, 0.25) is 15.1 Å². The Morgan fingerprint density at radius 1 is 0.912 bits per heavy atom. The van der Waals surface area contributed by atoms with E-state index in [-0.39, 0.29) is 31.9 Å². The van der Waals surface area contributed by atoms with Gasteiger partial charge in [0.15, 0.2) is 5.82 Å². The second-order valence-electron chi connectivity index (χ2n) is 14.5. The highest BCUT2D eigenvalue weighted by Crippen LogP contribution is 2.64. The molecule has 0 bridgehead atoms. The lowest BCUT2D eigenvalue weighted by Gasteiger charge is -2.50. The number of aromatic nitrogens is 1. The van der Waals surface area contributed by atoms with E-state index < -0.39 is 75.4 Å². The number of carbonyl (C=O) groups excluding carboxylic acids is 4. The number of carbonyl (C=O) groups is 4. The molecule has 1 saturated carbocycles. The maximum atomic E-state index is 15.3. The zero-order valence-electron chi connectivity index (χ0n) is 29.9. The van der Waals surface area contributed by atoms with Gasteiger partial charge < -0.3 is 9.84 Å². The van der Waals surface area contributed by atoms with Crippen molar-refractivity contribution in [3.8, 4) is 5.75 Å². The third kappa shape index (κ3) is 6.26. The molecular formula is C41H32Cl3F3N4O6. The number of ether oxygens (including phenoxy) is 1. The first-order chi connectivity index (χ1) is 27.2. The van der Waals surface area contributed by atoms with Gasteiger partial charge in [-0.15, -0.1) is 0 Å². The Morgan fingerprint density at radius 2 is 1.63 bits per heavy atom. The molecule has 3 heterocycles. The number of aryl methyl sites for hydroxylation is 1. The van der Waals surface area contributed by atoms with Crippen LogP contribution in [0.15, 0.2) is 90.6 Å².